The summed E-state index contributed by atoms with van der Waals surface area (Å²) in [5, 5.41) is 20.2. The lowest BCUT2D eigenvalue weighted by atomic mass is 10.6. The largest absolute Gasteiger partial charge is 0.394 e. The third-order valence-electron chi connectivity index (χ3n) is 1.95. The smallest absolute Gasteiger partial charge is 0.209 e. The first-order valence-electron chi connectivity index (χ1n) is 5.29. The molecule has 0 saturated carbocycles. The lowest BCUT2D eigenvalue weighted by molar-refractivity contribution is 0.262. The van der Waals surface area contributed by atoms with Crippen LogP contribution in [0.5, 0.6) is 0 Å². The third-order valence-corrected chi connectivity index (χ3v) is 5.03. The molecule has 1 rings (SSSR count). The molecule has 0 aliphatic heterocycles. The molecule has 0 aliphatic rings. The third kappa shape index (κ3) is 5.00. The van der Waals surface area contributed by atoms with Gasteiger partial charge in [0.2, 0.25) is 5.16 Å². The fourth-order valence-electron chi connectivity index (χ4n) is 1.21. The maximum absolute atomic E-state index is 11.5. The summed E-state index contributed by atoms with van der Waals surface area (Å²) in [6.45, 7) is 2.11. The highest BCUT2D eigenvalue weighted by Crippen LogP contribution is 2.14. The molecule has 0 atom stereocenters. The molecule has 17 heavy (non-hydrogen) atoms. The van der Waals surface area contributed by atoms with Gasteiger partial charge in [0.25, 0.3) is 0 Å². The van der Waals surface area contributed by atoms with Crippen molar-refractivity contribution in [2.75, 3.05) is 23.9 Å². The predicted octanol–water partition coefficient (Wildman–Crippen LogP) is -0.418. The zero-order chi connectivity index (χ0) is 12.7. The maximum Gasteiger partial charge on any atom is 0.209 e. The van der Waals surface area contributed by atoms with Crippen molar-refractivity contribution in [3.05, 3.63) is 0 Å². The van der Waals surface area contributed by atoms with E-state index in [-0.39, 0.29) is 18.1 Å². The Labute approximate surface area is 105 Å². The van der Waals surface area contributed by atoms with Gasteiger partial charge in [0, 0.05) is 11.5 Å². The van der Waals surface area contributed by atoms with Crippen LogP contribution in [0.4, 0.5) is 0 Å². The van der Waals surface area contributed by atoms with Crippen LogP contribution in [0.2, 0.25) is 0 Å². The van der Waals surface area contributed by atoms with Gasteiger partial charge >= 0.3 is 0 Å². The van der Waals surface area contributed by atoms with Gasteiger partial charge in [-0.05, 0) is 16.8 Å². The van der Waals surface area contributed by atoms with Crippen LogP contribution in [-0.2, 0) is 16.4 Å². The Morgan fingerprint density at radius 3 is 2.82 bits per heavy atom. The van der Waals surface area contributed by atoms with E-state index in [1.807, 2.05) is 6.92 Å². The molecule has 0 radical (unpaired) electrons. The summed E-state index contributed by atoms with van der Waals surface area (Å²) in [5.74, 6) is 0.765. The highest BCUT2D eigenvalue weighted by atomic mass is 32.2. The summed E-state index contributed by atoms with van der Waals surface area (Å²) in [7, 11) is -2.96. The first-order chi connectivity index (χ1) is 8.09. The summed E-state index contributed by atoms with van der Waals surface area (Å²) in [5.41, 5.74) is 0. The molecule has 0 bridgehead atoms. The summed E-state index contributed by atoms with van der Waals surface area (Å²) in [4.78, 5) is 0. The van der Waals surface area contributed by atoms with Gasteiger partial charge in [-0.1, -0.05) is 18.7 Å². The van der Waals surface area contributed by atoms with Gasteiger partial charge in [-0.25, -0.2) is 13.1 Å². The van der Waals surface area contributed by atoms with Crippen molar-refractivity contribution < 1.29 is 13.5 Å². The standard InChI is InChI=1S/C8H16N4O3S2/c1-2-6-17(14,15)7-5-16-8-9-10-11-12(8)3-4-13/h13H,2-7H2,1H3. The molecule has 0 fully saturated rings. The second kappa shape index (κ2) is 6.92. The van der Waals surface area contributed by atoms with Crippen molar-refractivity contribution in [2.24, 2.45) is 0 Å². The number of aliphatic hydroxyl groups excluding tert-OH is 1. The number of nitrogens with zero attached hydrogens (tertiary/aromatic N) is 4. The Morgan fingerprint density at radius 2 is 2.18 bits per heavy atom. The van der Waals surface area contributed by atoms with Crippen LogP contribution in [0.1, 0.15) is 13.3 Å². The van der Waals surface area contributed by atoms with E-state index in [0.717, 1.165) is 0 Å². The van der Waals surface area contributed by atoms with Crippen LogP contribution in [-0.4, -0.2) is 57.6 Å². The lowest BCUT2D eigenvalue weighted by Gasteiger charge is -2.03. The van der Waals surface area contributed by atoms with Crippen LogP contribution in [0.25, 0.3) is 0 Å². The predicted molar refractivity (Wildman–Crippen MR) is 64.6 cm³/mol. The van der Waals surface area contributed by atoms with E-state index < -0.39 is 9.84 Å². The van der Waals surface area contributed by atoms with Crippen LogP contribution >= 0.6 is 11.8 Å². The minimum Gasteiger partial charge on any atom is -0.394 e. The van der Waals surface area contributed by atoms with Crippen LogP contribution in [0.3, 0.4) is 0 Å². The SMILES string of the molecule is CCCS(=O)(=O)CCSc1nnnn1CCO. The number of tetrazole rings is 1. The van der Waals surface area contributed by atoms with Gasteiger partial charge in [-0.3, -0.25) is 0 Å². The van der Waals surface area contributed by atoms with E-state index in [2.05, 4.69) is 15.5 Å². The molecule has 98 valence electrons. The fraction of sp³-hybridized carbons (Fsp3) is 0.875. The normalized spacial score (nSPS) is 11.9. The average Bonchev–Trinajstić information content (AvgIpc) is 2.66. The zero-order valence-corrected chi connectivity index (χ0v) is 11.2. The van der Waals surface area contributed by atoms with Gasteiger partial charge in [-0.2, -0.15) is 0 Å². The molecule has 0 spiro atoms. The Hall–Kier alpha value is -0.670. The number of thioether (sulfide) groups is 1. The van der Waals surface area contributed by atoms with Crippen molar-refractivity contribution in [1.29, 1.82) is 0 Å². The second-order valence-electron chi connectivity index (χ2n) is 3.41. The summed E-state index contributed by atoms with van der Waals surface area (Å²) < 4.78 is 24.4. The van der Waals surface area contributed by atoms with Gasteiger partial charge in [-0.15, -0.1) is 5.10 Å². The Morgan fingerprint density at radius 1 is 1.41 bits per heavy atom. The number of sulfone groups is 1. The molecule has 7 nitrogen and oxygen atoms in total. The van der Waals surface area contributed by atoms with Gasteiger partial charge in [0.15, 0.2) is 9.84 Å². The second-order valence-corrected chi connectivity index (χ2v) is 6.77. The Kier molecular flexibility index (Phi) is 5.86. The van der Waals surface area contributed by atoms with E-state index in [4.69, 9.17) is 5.11 Å². The minimum atomic E-state index is -2.96. The van der Waals surface area contributed by atoms with Gasteiger partial charge in [0.1, 0.15) is 0 Å². The quantitative estimate of drug-likeness (QED) is 0.646. The monoisotopic (exact) mass is 280 g/mol. The van der Waals surface area contributed by atoms with E-state index in [1.165, 1.54) is 16.4 Å². The van der Waals surface area contributed by atoms with E-state index in [1.54, 1.807) is 0 Å². The molecule has 0 aromatic carbocycles. The molecule has 1 aromatic heterocycles. The van der Waals surface area contributed by atoms with Crippen LogP contribution in [0, 0.1) is 0 Å². The van der Waals surface area contributed by atoms with Crippen LogP contribution in [0.15, 0.2) is 5.16 Å². The molecular weight excluding hydrogens is 264 g/mol. The molecule has 0 aliphatic carbocycles. The molecule has 0 saturated heterocycles. The van der Waals surface area contributed by atoms with E-state index in [0.29, 0.717) is 23.9 Å². The summed E-state index contributed by atoms with van der Waals surface area (Å²) in [6, 6.07) is 0. The Balaban J connectivity index is 2.43. The maximum atomic E-state index is 11.5. The number of rotatable bonds is 8. The molecular formula is C8H16N4O3S2. The molecule has 1 heterocycles. The minimum absolute atomic E-state index is 0.0489. The topological polar surface area (TPSA) is 98.0 Å². The van der Waals surface area contributed by atoms with Crippen molar-refractivity contribution in [3.8, 4) is 0 Å². The summed E-state index contributed by atoms with van der Waals surface area (Å²) >= 11 is 1.28. The zero-order valence-electron chi connectivity index (χ0n) is 9.61. The first-order valence-corrected chi connectivity index (χ1v) is 8.10. The number of aliphatic hydroxyl groups is 1. The van der Waals surface area contributed by atoms with Gasteiger partial charge in [0.05, 0.1) is 18.9 Å². The lowest BCUT2D eigenvalue weighted by Crippen LogP contribution is -2.13. The molecule has 1 aromatic rings. The average molecular weight is 280 g/mol. The number of hydrogen-bond donors (Lipinski definition) is 1. The first kappa shape index (κ1) is 14.4. The van der Waals surface area contributed by atoms with E-state index in [9.17, 15) is 8.42 Å². The van der Waals surface area contributed by atoms with Crippen molar-refractivity contribution >= 4 is 21.6 Å². The highest BCUT2D eigenvalue weighted by Gasteiger charge is 2.11. The van der Waals surface area contributed by atoms with E-state index >= 15 is 0 Å². The molecule has 0 amide bonds. The van der Waals surface area contributed by atoms with Crippen molar-refractivity contribution in [3.63, 3.8) is 0 Å². The fourth-order valence-corrected chi connectivity index (χ4v) is 3.94. The Bertz CT molecular complexity index is 432. The van der Waals surface area contributed by atoms with Crippen molar-refractivity contribution in [1.82, 2.24) is 20.2 Å². The number of aromatic nitrogens is 4. The number of hydrogen-bond acceptors (Lipinski definition) is 7. The molecule has 0 unspecified atom stereocenters. The van der Waals surface area contributed by atoms with Crippen LogP contribution < -0.4 is 0 Å². The summed E-state index contributed by atoms with van der Waals surface area (Å²) in [6.07, 6.45) is 0.634. The molecule has 1 N–H and O–H groups in total. The van der Waals surface area contributed by atoms with Crippen molar-refractivity contribution in [2.45, 2.75) is 25.0 Å². The molecule has 9 heteroatoms. The highest BCUT2D eigenvalue weighted by molar-refractivity contribution is 8.00. The van der Waals surface area contributed by atoms with Gasteiger partial charge < -0.3 is 5.11 Å².